The molecular formula is C17H21N3O. The molecule has 1 atom stereocenters. The second kappa shape index (κ2) is 6.31. The lowest BCUT2D eigenvalue weighted by Crippen LogP contribution is -2.39. The highest BCUT2D eigenvalue weighted by molar-refractivity contribution is 5.97. The van der Waals surface area contributed by atoms with Crippen LogP contribution < -0.4 is 16.0 Å². The third kappa shape index (κ3) is 3.54. The zero-order chi connectivity index (χ0) is 15.4. The standard InChI is InChI=1S/C17H21N3O/c1-12-9-10-14(18)11-16(12)19-17(21)13(2)20(3)15-7-5-4-6-8-15/h4-11,13H,18H2,1-3H3,(H,19,21). The minimum Gasteiger partial charge on any atom is -0.399 e. The van der Waals surface area contributed by atoms with Gasteiger partial charge in [0.1, 0.15) is 6.04 Å². The lowest BCUT2D eigenvalue weighted by atomic mass is 10.1. The molecule has 0 aromatic heterocycles. The first-order valence-electron chi connectivity index (χ1n) is 6.94. The molecule has 0 bridgehead atoms. The number of aryl methyl sites for hydroxylation is 1. The van der Waals surface area contributed by atoms with Crippen molar-refractivity contribution in [3.05, 3.63) is 54.1 Å². The Morgan fingerprint density at radius 1 is 1.19 bits per heavy atom. The molecule has 2 rings (SSSR count). The molecule has 4 heteroatoms. The maximum absolute atomic E-state index is 12.4. The summed E-state index contributed by atoms with van der Waals surface area (Å²) in [5.74, 6) is -0.0601. The second-order valence-corrected chi connectivity index (χ2v) is 5.19. The van der Waals surface area contributed by atoms with Crippen molar-refractivity contribution in [2.45, 2.75) is 19.9 Å². The molecule has 0 spiro atoms. The van der Waals surface area contributed by atoms with Crippen molar-refractivity contribution in [2.24, 2.45) is 0 Å². The molecule has 2 aromatic carbocycles. The molecule has 110 valence electrons. The van der Waals surface area contributed by atoms with Gasteiger partial charge in [-0.2, -0.15) is 0 Å². The summed E-state index contributed by atoms with van der Waals surface area (Å²) in [5, 5.41) is 2.94. The average Bonchev–Trinajstić information content (AvgIpc) is 2.50. The lowest BCUT2D eigenvalue weighted by molar-refractivity contribution is -0.117. The van der Waals surface area contributed by atoms with Gasteiger partial charge < -0.3 is 16.0 Å². The normalized spacial score (nSPS) is 11.8. The Kier molecular flexibility index (Phi) is 4.48. The third-order valence-electron chi connectivity index (χ3n) is 3.64. The van der Waals surface area contributed by atoms with E-state index >= 15 is 0 Å². The summed E-state index contributed by atoms with van der Waals surface area (Å²) in [5.41, 5.74) is 9.16. The van der Waals surface area contributed by atoms with Gasteiger partial charge in [0.25, 0.3) is 0 Å². The van der Waals surface area contributed by atoms with Crippen molar-refractivity contribution in [1.29, 1.82) is 0 Å². The molecule has 0 aliphatic heterocycles. The Labute approximate surface area is 125 Å². The molecule has 0 aliphatic carbocycles. The van der Waals surface area contributed by atoms with Gasteiger partial charge in [0.05, 0.1) is 0 Å². The first kappa shape index (κ1) is 14.9. The van der Waals surface area contributed by atoms with Crippen LogP contribution in [0.4, 0.5) is 17.1 Å². The van der Waals surface area contributed by atoms with Gasteiger partial charge in [0.15, 0.2) is 0 Å². The minimum absolute atomic E-state index is 0.0601. The number of anilines is 3. The molecule has 1 amide bonds. The van der Waals surface area contributed by atoms with Crippen molar-refractivity contribution >= 4 is 23.0 Å². The van der Waals surface area contributed by atoms with Crippen LogP contribution in [0.1, 0.15) is 12.5 Å². The van der Waals surface area contributed by atoms with Crippen LogP contribution in [0.25, 0.3) is 0 Å². The van der Waals surface area contributed by atoms with Crippen molar-refractivity contribution in [3.8, 4) is 0 Å². The summed E-state index contributed by atoms with van der Waals surface area (Å²) >= 11 is 0. The van der Waals surface area contributed by atoms with Crippen molar-refractivity contribution < 1.29 is 4.79 Å². The van der Waals surface area contributed by atoms with Crippen molar-refractivity contribution in [2.75, 3.05) is 23.0 Å². The van der Waals surface area contributed by atoms with Crippen LogP contribution in [0.15, 0.2) is 48.5 Å². The Balaban J connectivity index is 2.11. The summed E-state index contributed by atoms with van der Waals surface area (Å²) in [6, 6.07) is 15.1. The van der Waals surface area contributed by atoms with Crippen LogP contribution in [0.3, 0.4) is 0 Å². The molecule has 3 N–H and O–H groups in total. The topological polar surface area (TPSA) is 58.4 Å². The maximum atomic E-state index is 12.4. The summed E-state index contributed by atoms with van der Waals surface area (Å²) in [4.78, 5) is 14.3. The zero-order valence-electron chi connectivity index (χ0n) is 12.6. The van der Waals surface area contributed by atoms with E-state index < -0.39 is 0 Å². The molecule has 0 fully saturated rings. The number of hydrogen-bond acceptors (Lipinski definition) is 3. The smallest absolute Gasteiger partial charge is 0.246 e. The fraction of sp³-hybridized carbons (Fsp3) is 0.235. The Morgan fingerprint density at radius 2 is 1.86 bits per heavy atom. The molecule has 0 heterocycles. The molecule has 0 aliphatic rings. The van der Waals surface area contributed by atoms with Gasteiger partial charge in [0.2, 0.25) is 5.91 Å². The number of benzene rings is 2. The van der Waals surface area contributed by atoms with E-state index in [4.69, 9.17) is 5.73 Å². The van der Waals surface area contributed by atoms with E-state index in [9.17, 15) is 4.79 Å². The molecular weight excluding hydrogens is 262 g/mol. The maximum Gasteiger partial charge on any atom is 0.246 e. The number of hydrogen-bond donors (Lipinski definition) is 2. The number of nitrogens with one attached hydrogen (secondary N) is 1. The molecule has 0 saturated carbocycles. The fourth-order valence-corrected chi connectivity index (χ4v) is 2.07. The predicted molar refractivity (Wildman–Crippen MR) is 88.5 cm³/mol. The average molecular weight is 283 g/mol. The Morgan fingerprint density at radius 3 is 2.52 bits per heavy atom. The summed E-state index contributed by atoms with van der Waals surface area (Å²) < 4.78 is 0. The van der Waals surface area contributed by atoms with E-state index in [1.54, 1.807) is 6.07 Å². The van der Waals surface area contributed by atoms with Crippen LogP contribution >= 0.6 is 0 Å². The summed E-state index contributed by atoms with van der Waals surface area (Å²) in [6.07, 6.45) is 0. The van der Waals surface area contributed by atoms with E-state index in [0.717, 1.165) is 16.9 Å². The van der Waals surface area contributed by atoms with Gasteiger partial charge in [-0.3, -0.25) is 4.79 Å². The van der Waals surface area contributed by atoms with E-state index in [-0.39, 0.29) is 11.9 Å². The molecule has 1 unspecified atom stereocenters. The van der Waals surface area contributed by atoms with E-state index in [1.807, 2.05) is 68.3 Å². The number of carbonyl (C=O) groups excluding carboxylic acids is 1. The lowest BCUT2D eigenvalue weighted by Gasteiger charge is -2.26. The van der Waals surface area contributed by atoms with Gasteiger partial charge in [-0.05, 0) is 43.7 Å². The second-order valence-electron chi connectivity index (χ2n) is 5.19. The SMILES string of the molecule is Cc1ccc(N)cc1NC(=O)C(C)N(C)c1ccccc1. The molecule has 0 radical (unpaired) electrons. The van der Waals surface area contributed by atoms with Crippen molar-refractivity contribution in [1.82, 2.24) is 0 Å². The quantitative estimate of drug-likeness (QED) is 0.848. The largest absolute Gasteiger partial charge is 0.399 e. The number of amides is 1. The van der Waals surface area contributed by atoms with Gasteiger partial charge in [-0.15, -0.1) is 0 Å². The van der Waals surface area contributed by atoms with Crippen molar-refractivity contribution in [3.63, 3.8) is 0 Å². The monoisotopic (exact) mass is 283 g/mol. The van der Waals surface area contributed by atoms with E-state index in [0.29, 0.717) is 5.69 Å². The molecule has 0 saturated heterocycles. The molecule has 21 heavy (non-hydrogen) atoms. The number of nitrogen functional groups attached to an aromatic ring is 1. The number of likely N-dealkylation sites (N-methyl/N-ethyl adjacent to an activating group) is 1. The highest BCUT2D eigenvalue weighted by atomic mass is 16.2. The molecule has 2 aromatic rings. The summed E-state index contributed by atoms with van der Waals surface area (Å²) in [7, 11) is 1.91. The van der Waals surface area contributed by atoms with Crippen LogP contribution in [0.5, 0.6) is 0 Å². The Hall–Kier alpha value is -2.49. The van der Waals surface area contributed by atoms with Crippen LogP contribution in [-0.4, -0.2) is 19.0 Å². The first-order valence-corrected chi connectivity index (χ1v) is 6.94. The van der Waals surface area contributed by atoms with Crippen LogP contribution in [0.2, 0.25) is 0 Å². The highest BCUT2D eigenvalue weighted by Gasteiger charge is 2.19. The number of nitrogens with zero attached hydrogens (tertiary/aromatic N) is 1. The van der Waals surface area contributed by atoms with Gasteiger partial charge in [-0.1, -0.05) is 24.3 Å². The molecule has 4 nitrogen and oxygen atoms in total. The Bertz CT molecular complexity index is 625. The van der Waals surface area contributed by atoms with Gasteiger partial charge in [0, 0.05) is 24.1 Å². The highest BCUT2D eigenvalue weighted by Crippen LogP contribution is 2.20. The fourth-order valence-electron chi connectivity index (χ4n) is 2.07. The predicted octanol–water partition coefficient (Wildman–Crippen LogP) is 3.04. The number of para-hydroxylation sites is 1. The summed E-state index contributed by atoms with van der Waals surface area (Å²) in [6.45, 7) is 3.82. The third-order valence-corrected chi connectivity index (χ3v) is 3.64. The van der Waals surface area contributed by atoms with E-state index in [1.165, 1.54) is 0 Å². The number of carbonyl (C=O) groups is 1. The zero-order valence-corrected chi connectivity index (χ0v) is 12.6. The van der Waals surface area contributed by atoms with Crippen LogP contribution in [0, 0.1) is 6.92 Å². The first-order chi connectivity index (χ1) is 9.99. The van der Waals surface area contributed by atoms with Gasteiger partial charge in [-0.25, -0.2) is 0 Å². The number of rotatable bonds is 4. The van der Waals surface area contributed by atoms with Gasteiger partial charge >= 0.3 is 0 Å². The minimum atomic E-state index is -0.284. The van der Waals surface area contributed by atoms with E-state index in [2.05, 4.69) is 5.32 Å². The van der Waals surface area contributed by atoms with Crippen LogP contribution in [-0.2, 0) is 4.79 Å². The number of nitrogens with two attached hydrogens (primary N) is 1.